The van der Waals surface area contributed by atoms with E-state index in [1.165, 1.54) is 0 Å². The van der Waals surface area contributed by atoms with Crippen molar-refractivity contribution in [1.29, 1.82) is 0 Å². The van der Waals surface area contributed by atoms with Gasteiger partial charge in [-0.2, -0.15) is 0 Å². The number of nitrogens with zero attached hydrogens (tertiary/aromatic N) is 1. The predicted molar refractivity (Wildman–Crippen MR) is 117 cm³/mol. The number of aliphatic hydroxyl groups is 3. The zero-order chi connectivity index (χ0) is 24.6. The van der Waals surface area contributed by atoms with Crippen molar-refractivity contribution in [2.75, 3.05) is 26.9 Å². The summed E-state index contributed by atoms with van der Waals surface area (Å²) in [7, 11) is 1.98. The number of carbonyl (C=O) groups is 1. The maximum Gasteiger partial charge on any atom is 0.108 e. The van der Waals surface area contributed by atoms with Crippen LogP contribution in [0.1, 0.15) is 40.5 Å². The number of hydrogen-bond donors (Lipinski definition) is 3. The van der Waals surface area contributed by atoms with Crippen LogP contribution in [0.4, 0.5) is 0 Å². The van der Waals surface area contributed by atoms with Crippen LogP contribution in [-0.2, 0) is 19.0 Å². The van der Waals surface area contributed by atoms with Crippen molar-refractivity contribution in [3.8, 4) is 0 Å². The minimum absolute atomic E-state index is 0.0154. The van der Waals surface area contributed by atoms with E-state index in [0.29, 0.717) is 13.0 Å². The number of allylic oxidation sites excluding steroid dienone is 1. The van der Waals surface area contributed by atoms with Gasteiger partial charge < -0.3 is 44.3 Å². The number of ether oxygens (including phenoxy) is 3. The van der Waals surface area contributed by atoms with Crippen LogP contribution in [0, 0.1) is 17.8 Å². The Morgan fingerprint density at radius 2 is 1.66 bits per heavy atom. The van der Waals surface area contributed by atoms with Crippen LogP contribution >= 0.6 is 0 Å². The molecule has 0 aromatic heterocycles. The highest BCUT2D eigenvalue weighted by Crippen LogP contribution is 2.36. The molecule has 0 aliphatic carbocycles. The van der Waals surface area contributed by atoms with Crippen LogP contribution in [0.3, 0.4) is 0 Å². The Hall–Kier alpha value is -1.07. The maximum atomic E-state index is 12.2. The Kier molecular flexibility index (Phi) is 12.3. The largest absolute Gasteiger partial charge is 0.831 e. The molecule has 188 valence electrons. The maximum absolute atomic E-state index is 12.2. The first-order valence-electron chi connectivity index (χ1n) is 11.4. The van der Waals surface area contributed by atoms with Gasteiger partial charge in [-0.15, -0.1) is 0 Å². The molecule has 0 bridgehead atoms. The second-order valence-corrected chi connectivity index (χ2v) is 8.80. The summed E-state index contributed by atoms with van der Waals surface area (Å²) in [6.07, 6.45) is -3.66. The summed E-state index contributed by atoms with van der Waals surface area (Å²) in [4.78, 5) is 10.1. The SMILES string of the molecule is C=C(C)N(C)C1C(CC)OC(CO)C(C)C1COCC1OC([O-])C(CC)C(O)C1O.C=O. The molecule has 2 heterocycles. The molecule has 10 atom stereocenters. The van der Waals surface area contributed by atoms with Gasteiger partial charge in [0.15, 0.2) is 0 Å². The molecule has 10 unspecified atom stereocenters. The highest BCUT2D eigenvalue weighted by molar-refractivity contribution is 5.11. The standard InChI is InChI=1S/C22H40NO7.CH2O/c1-7-14-20(25)21(26)18(30-22(14)27)11-28-10-15-13(5)17(9-24)29-16(8-2)19(15)23(6)12(3)4;1-2/h13-22,24-26H,3,7-11H2,1-2,4-6H3;1H2/q-1;. The lowest BCUT2D eigenvalue weighted by atomic mass is 9.77. The van der Waals surface area contributed by atoms with Gasteiger partial charge in [-0.1, -0.05) is 27.4 Å². The topological polar surface area (TPSA) is 132 Å². The molecule has 0 amide bonds. The van der Waals surface area contributed by atoms with Crippen LogP contribution in [0.15, 0.2) is 12.3 Å². The Balaban J connectivity index is 0.00000249. The fourth-order valence-electron chi connectivity index (χ4n) is 4.76. The van der Waals surface area contributed by atoms with E-state index in [2.05, 4.69) is 18.4 Å². The number of aliphatic hydroxyl groups excluding tert-OH is 3. The second kappa shape index (κ2) is 13.6. The van der Waals surface area contributed by atoms with Crippen molar-refractivity contribution in [1.82, 2.24) is 4.90 Å². The van der Waals surface area contributed by atoms with E-state index in [1.807, 2.05) is 27.7 Å². The zero-order valence-electron chi connectivity index (χ0n) is 20.1. The van der Waals surface area contributed by atoms with Crippen molar-refractivity contribution in [3.05, 3.63) is 12.3 Å². The summed E-state index contributed by atoms with van der Waals surface area (Å²) in [5.41, 5.74) is 0.913. The van der Waals surface area contributed by atoms with Crippen molar-refractivity contribution >= 4 is 6.79 Å². The molecule has 0 aromatic carbocycles. The first-order valence-corrected chi connectivity index (χ1v) is 11.4. The predicted octanol–water partition coefficient (Wildman–Crippen LogP) is -0.0927. The van der Waals surface area contributed by atoms with E-state index in [1.54, 1.807) is 6.92 Å². The zero-order valence-corrected chi connectivity index (χ0v) is 20.1. The van der Waals surface area contributed by atoms with E-state index < -0.39 is 30.5 Å². The summed E-state index contributed by atoms with van der Waals surface area (Å²) in [5.74, 6) is -0.556. The lowest BCUT2D eigenvalue weighted by Gasteiger charge is -2.50. The molecule has 0 radical (unpaired) electrons. The molecule has 9 nitrogen and oxygen atoms in total. The Morgan fingerprint density at radius 1 is 1.03 bits per heavy atom. The summed E-state index contributed by atoms with van der Waals surface area (Å²) in [5, 5.41) is 42.5. The van der Waals surface area contributed by atoms with E-state index in [9.17, 15) is 20.4 Å². The van der Waals surface area contributed by atoms with Gasteiger partial charge in [-0.25, -0.2) is 0 Å². The minimum Gasteiger partial charge on any atom is -0.831 e. The highest BCUT2D eigenvalue weighted by Gasteiger charge is 2.45. The summed E-state index contributed by atoms with van der Waals surface area (Å²) in [6, 6.07) is 0.0183. The number of likely N-dealkylation sites (N-methyl/N-ethyl adjacent to an activating group) is 1. The average Bonchev–Trinajstić information content (AvgIpc) is 2.78. The lowest BCUT2D eigenvalue weighted by molar-refractivity contribution is -0.529. The number of rotatable bonds is 9. The molecule has 9 heteroatoms. The normalized spacial score (nSPS) is 39.7. The van der Waals surface area contributed by atoms with E-state index in [-0.39, 0.29) is 43.3 Å². The number of hydrogen-bond acceptors (Lipinski definition) is 9. The van der Waals surface area contributed by atoms with Gasteiger partial charge in [-0.05, 0) is 37.9 Å². The van der Waals surface area contributed by atoms with Crippen molar-refractivity contribution in [2.24, 2.45) is 17.8 Å². The first kappa shape index (κ1) is 29.0. The third kappa shape index (κ3) is 6.50. The summed E-state index contributed by atoms with van der Waals surface area (Å²) < 4.78 is 17.5. The molecule has 2 saturated heterocycles. The minimum atomic E-state index is -1.38. The van der Waals surface area contributed by atoms with Gasteiger partial charge in [-0.3, -0.25) is 0 Å². The molecule has 2 rings (SSSR count). The van der Waals surface area contributed by atoms with E-state index in [4.69, 9.17) is 19.0 Å². The van der Waals surface area contributed by atoms with Crippen molar-refractivity contribution in [3.63, 3.8) is 0 Å². The van der Waals surface area contributed by atoms with Gasteiger partial charge in [0.2, 0.25) is 0 Å². The van der Waals surface area contributed by atoms with Crippen LogP contribution < -0.4 is 5.11 Å². The lowest BCUT2D eigenvalue weighted by Crippen LogP contribution is -2.60. The first-order chi connectivity index (χ1) is 15.2. The summed E-state index contributed by atoms with van der Waals surface area (Å²) >= 11 is 0. The van der Waals surface area contributed by atoms with Gasteiger partial charge in [0, 0.05) is 18.7 Å². The number of carbonyl (C=O) groups excluding carboxylic acids is 1. The molecule has 0 spiro atoms. The van der Waals surface area contributed by atoms with Crippen LogP contribution in [0.25, 0.3) is 0 Å². The van der Waals surface area contributed by atoms with Crippen LogP contribution in [0.5, 0.6) is 0 Å². The Labute approximate surface area is 192 Å². The third-order valence-corrected chi connectivity index (χ3v) is 6.95. The molecule has 2 aliphatic heterocycles. The fraction of sp³-hybridized carbons (Fsp3) is 0.870. The summed E-state index contributed by atoms with van der Waals surface area (Å²) in [6.45, 7) is 14.2. The third-order valence-electron chi connectivity index (χ3n) is 6.95. The van der Waals surface area contributed by atoms with Crippen molar-refractivity contribution < 1.29 is 39.4 Å². The van der Waals surface area contributed by atoms with Crippen LogP contribution in [-0.4, -0.2) is 96.7 Å². The average molecular weight is 461 g/mol. The van der Waals surface area contributed by atoms with Crippen LogP contribution in [0.2, 0.25) is 0 Å². The fourth-order valence-corrected chi connectivity index (χ4v) is 4.76. The van der Waals surface area contributed by atoms with E-state index in [0.717, 1.165) is 12.1 Å². The highest BCUT2D eigenvalue weighted by atomic mass is 16.6. The smallest absolute Gasteiger partial charge is 0.108 e. The Morgan fingerprint density at radius 3 is 2.16 bits per heavy atom. The van der Waals surface area contributed by atoms with Gasteiger partial charge in [0.1, 0.15) is 19.0 Å². The molecule has 2 aliphatic rings. The van der Waals surface area contributed by atoms with E-state index >= 15 is 0 Å². The van der Waals surface area contributed by atoms with Crippen molar-refractivity contribution in [2.45, 2.75) is 83.4 Å². The molecule has 2 fully saturated rings. The molecule has 3 N–H and O–H groups in total. The molecule has 32 heavy (non-hydrogen) atoms. The molecular weight excluding hydrogens is 418 g/mol. The second-order valence-electron chi connectivity index (χ2n) is 8.80. The monoisotopic (exact) mass is 460 g/mol. The molecular formula is C23H42NO8-. The van der Waals surface area contributed by atoms with Gasteiger partial charge in [0.25, 0.3) is 0 Å². The van der Waals surface area contributed by atoms with Gasteiger partial charge in [0.05, 0.1) is 44.2 Å². The van der Waals surface area contributed by atoms with Gasteiger partial charge >= 0.3 is 0 Å². The molecule has 0 saturated carbocycles. The Bertz CT molecular complexity index is 564. The quantitative estimate of drug-likeness (QED) is 0.432. The molecule has 0 aromatic rings.